The molecule has 0 N–H and O–H groups in total. The van der Waals surface area contributed by atoms with Gasteiger partial charge in [0, 0.05) is 13.2 Å². The van der Waals surface area contributed by atoms with E-state index in [-0.39, 0.29) is 6.29 Å². The van der Waals surface area contributed by atoms with Crippen LogP contribution in [-0.2, 0) is 9.47 Å². The first-order chi connectivity index (χ1) is 6.81. The molecule has 0 bridgehead atoms. The molecule has 1 rings (SSSR count). The van der Waals surface area contributed by atoms with Crippen LogP contribution >= 0.6 is 11.8 Å². The maximum Gasteiger partial charge on any atom is 0.217 e. The van der Waals surface area contributed by atoms with Crippen LogP contribution in [0.1, 0.15) is 25.9 Å². The minimum absolute atomic E-state index is 0.370. The lowest BCUT2D eigenvalue weighted by Crippen LogP contribution is -2.07. The number of rotatable bonds is 6. The van der Waals surface area contributed by atoms with Gasteiger partial charge in [0.05, 0.1) is 0 Å². The van der Waals surface area contributed by atoms with Crippen molar-refractivity contribution in [3.63, 3.8) is 0 Å². The molecule has 0 aliphatic rings. The lowest BCUT2D eigenvalue weighted by molar-refractivity contribution is -0.151. The first-order valence-corrected chi connectivity index (χ1v) is 5.91. The molecule has 0 radical (unpaired) electrons. The van der Waals surface area contributed by atoms with Gasteiger partial charge in [0.2, 0.25) is 6.29 Å². The first-order valence-electron chi connectivity index (χ1n) is 4.68. The average molecular weight is 216 g/mol. The first kappa shape index (κ1) is 11.6. The van der Waals surface area contributed by atoms with Crippen LogP contribution in [0.4, 0.5) is 0 Å². The molecule has 0 saturated carbocycles. The summed E-state index contributed by atoms with van der Waals surface area (Å²) in [6.45, 7) is 5.09. The van der Waals surface area contributed by atoms with Crippen molar-refractivity contribution in [2.24, 2.45) is 0 Å². The highest BCUT2D eigenvalue weighted by Crippen LogP contribution is 2.25. The molecule has 1 aromatic heterocycles. The van der Waals surface area contributed by atoms with Crippen LogP contribution in [0.5, 0.6) is 0 Å². The summed E-state index contributed by atoms with van der Waals surface area (Å²) < 4.78 is 16.3. The molecule has 0 unspecified atom stereocenters. The van der Waals surface area contributed by atoms with E-state index in [0.717, 1.165) is 10.9 Å². The highest BCUT2D eigenvalue weighted by molar-refractivity contribution is 7.98. The van der Waals surface area contributed by atoms with Crippen molar-refractivity contribution in [3.05, 3.63) is 17.9 Å². The third kappa shape index (κ3) is 3.04. The molecule has 14 heavy (non-hydrogen) atoms. The fraction of sp³-hybridized carbons (Fsp3) is 0.600. The topological polar surface area (TPSA) is 31.6 Å². The van der Waals surface area contributed by atoms with Crippen molar-refractivity contribution in [2.75, 3.05) is 19.5 Å². The fourth-order valence-electron chi connectivity index (χ4n) is 1.09. The monoisotopic (exact) mass is 216 g/mol. The van der Waals surface area contributed by atoms with E-state index in [0.29, 0.717) is 13.2 Å². The lowest BCUT2D eigenvalue weighted by atomic mass is 10.4. The molecular formula is C10H16O3S. The molecule has 1 heterocycles. The van der Waals surface area contributed by atoms with Gasteiger partial charge in [-0.1, -0.05) is 11.8 Å². The second-order valence-corrected chi connectivity index (χ2v) is 3.41. The molecule has 4 heteroatoms. The van der Waals surface area contributed by atoms with Gasteiger partial charge in [0.25, 0.3) is 0 Å². The van der Waals surface area contributed by atoms with E-state index in [2.05, 4.69) is 0 Å². The van der Waals surface area contributed by atoms with E-state index in [1.54, 1.807) is 11.8 Å². The number of hydrogen-bond donors (Lipinski definition) is 0. The summed E-state index contributed by atoms with van der Waals surface area (Å²) in [5, 5.41) is 0.879. The summed E-state index contributed by atoms with van der Waals surface area (Å²) >= 11 is 1.57. The van der Waals surface area contributed by atoms with Crippen molar-refractivity contribution in [3.8, 4) is 0 Å². The van der Waals surface area contributed by atoms with E-state index in [9.17, 15) is 0 Å². The molecule has 1 aromatic rings. The Morgan fingerprint density at radius 2 is 1.93 bits per heavy atom. The Labute approximate surface area is 88.8 Å². The molecule has 3 nitrogen and oxygen atoms in total. The van der Waals surface area contributed by atoms with Gasteiger partial charge in [0.1, 0.15) is 0 Å². The van der Waals surface area contributed by atoms with E-state index in [4.69, 9.17) is 13.9 Å². The Morgan fingerprint density at radius 3 is 2.36 bits per heavy atom. The van der Waals surface area contributed by atoms with Crippen LogP contribution < -0.4 is 0 Å². The Bertz CT molecular complexity index is 254. The van der Waals surface area contributed by atoms with Crippen LogP contribution in [0.3, 0.4) is 0 Å². The van der Waals surface area contributed by atoms with Crippen molar-refractivity contribution in [2.45, 2.75) is 25.2 Å². The van der Waals surface area contributed by atoms with Gasteiger partial charge < -0.3 is 13.9 Å². The summed E-state index contributed by atoms with van der Waals surface area (Å²) in [4.78, 5) is 0. The maximum atomic E-state index is 5.51. The zero-order valence-corrected chi connectivity index (χ0v) is 9.60. The molecule has 80 valence electrons. The van der Waals surface area contributed by atoms with Crippen molar-refractivity contribution in [1.82, 2.24) is 0 Å². The van der Waals surface area contributed by atoms with Crippen LogP contribution in [0.25, 0.3) is 0 Å². The Morgan fingerprint density at radius 1 is 1.29 bits per heavy atom. The quantitative estimate of drug-likeness (QED) is 0.540. The minimum Gasteiger partial charge on any atom is -0.449 e. The summed E-state index contributed by atoms with van der Waals surface area (Å²) in [7, 11) is 0. The largest absolute Gasteiger partial charge is 0.449 e. The Balaban J connectivity index is 2.65. The number of furan rings is 1. The van der Waals surface area contributed by atoms with Gasteiger partial charge in [-0.25, -0.2) is 0 Å². The minimum atomic E-state index is -0.370. The number of ether oxygens (including phenoxy) is 2. The van der Waals surface area contributed by atoms with E-state index >= 15 is 0 Å². The van der Waals surface area contributed by atoms with E-state index in [1.165, 1.54) is 0 Å². The third-order valence-corrected chi connectivity index (χ3v) is 2.29. The van der Waals surface area contributed by atoms with Crippen molar-refractivity contribution < 1.29 is 13.9 Å². The summed E-state index contributed by atoms with van der Waals surface area (Å²) in [6, 6.07) is 3.81. The number of hydrogen-bond acceptors (Lipinski definition) is 4. The predicted molar refractivity (Wildman–Crippen MR) is 56.5 cm³/mol. The molecule has 0 saturated heterocycles. The smallest absolute Gasteiger partial charge is 0.217 e. The molecule has 0 fully saturated rings. The Hall–Kier alpha value is -0.450. The van der Waals surface area contributed by atoms with Gasteiger partial charge >= 0.3 is 0 Å². The van der Waals surface area contributed by atoms with Gasteiger partial charge in [-0.2, -0.15) is 0 Å². The van der Waals surface area contributed by atoms with Crippen molar-refractivity contribution >= 4 is 11.8 Å². The predicted octanol–water partition coefficient (Wildman–Crippen LogP) is 3.07. The van der Waals surface area contributed by atoms with Crippen LogP contribution in [-0.4, -0.2) is 19.5 Å². The van der Waals surface area contributed by atoms with Crippen LogP contribution in [0.15, 0.2) is 21.6 Å². The molecule has 0 aliphatic carbocycles. The normalized spacial score (nSPS) is 11.1. The highest BCUT2D eigenvalue weighted by atomic mass is 32.2. The van der Waals surface area contributed by atoms with Crippen LogP contribution in [0, 0.1) is 0 Å². The van der Waals surface area contributed by atoms with Gasteiger partial charge in [-0.05, 0) is 32.2 Å². The number of thioether (sulfide) groups is 1. The second-order valence-electron chi connectivity index (χ2n) is 2.60. The van der Waals surface area contributed by atoms with Gasteiger partial charge in [0.15, 0.2) is 10.9 Å². The summed E-state index contributed by atoms with van der Waals surface area (Å²) in [6.07, 6.45) is 1.60. The molecule has 0 aromatic carbocycles. The SMILES string of the molecule is CCOC(OCC)c1ccc(SC)o1. The molecule has 0 spiro atoms. The van der Waals surface area contributed by atoms with Crippen LogP contribution in [0.2, 0.25) is 0 Å². The van der Waals surface area contributed by atoms with Crippen molar-refractivity contribution in [1.29, 1.82) is 0 Å². The zero-order valence-electron chi connectivity index (χ0n) is 8.78. The maximum absolute atomic E-state index is 5.51. The highest BCUT2D eigenvalue weighted by Gasteiger charge is 2.15. The fourth-order valence-corrected chi connectivity index (χ4v) is 1.47. The molecule has 0 amide bonds. The zero-order chi connectivity index (χ0) is 10.4. The lowest BCUT2D eigenvalue weighted by Gasteiger charge is -2.13. The van der Waals surface area contributed by atoms with Gasteiger partial charge in [-0.3, -0.25) is 0 Å². The standard InChI is InChI=1S/C10H16O3S/c1-4-11-10(12-5-2)8-6-7-9(13-8)14-3/h6-7,10H,4-5H2,1-3H3. The summed E-state index contributed by atoms with van der Waals surface area (Å²) in [5.41, 5.74) is 0. The Kier molecular flexibility index (Phi) is 5.07. The summed E-state index contributed by atoms with van der Waals surface area (Å²) in [5.74, 6) is 0.734. The molecule has 0 aliphatic heterocycles. The molecular weight excluding hydrogens is 200 g/mol. The van der Waals surface area contributed by atoms with Gasteiger partial charge in [-0.15, -0.1) is 0 Å². The second kappa shape index (κ2) is 6.11. The average Bonchev–Trinajstić information content (AvgIpc) is 2.65. The third-order valence-electron chi connectivity index (χ3n) is 1.67. The van der Waals surface area contributed by atoms with E-state index in [1.807, 2.05) is 32.2 Å². The molecule has 0 atom stereocenters. The van der Waals surface area contributed by atoms with E-state index < -0.39 is 0 Å².